The van der Waals surface area contributed by atoms with Crippen LogP contribution in [-0.4, -0.2) is 19.3 Å². The van der Waals surface area contributed by atoms with Crippen molar-refractivity contribution in [3.8, 4) is 5.75 Å². The lowest BCUT2D eigenvalue weighted by Crippen LogP contribution is -2.22. The Morgan fingerprint density at radius 1 is 0.865 bits per heavy atom. The summed E-state index contributed by atoms with van der Waals surface area (Å²) < 4.78 is 56.1. The van der Waals surface area contributed by atoms with Gasteiger partial charge in [0.15, 0.2) is 11.6 Å². The Balaban J connectivity index is 1.27. The fourth-order valence-electron chi connectivity index (χ4n) is 6.19. The molecule has 0 heterocycles. The van der Waals surface area contributed by atoms with Gasteiger partial charge in [0.2, 0.25) is 0 Å². The Morgan fingerprint density at radius 2 is 1.49 bits per heavy atom. The standard InChI is InChI=1S/C32H41F3O2/c1-3-5-20-37-27-17-14-25(30(33)21-27)11-8-22-6-9-23(10-7-22)28-18-19-29(32(35)31(28)34)24-12-15-26(16-13-24)36-4-2/h3,14,17-19,21-24,26H,1,4-13,15-16,20H2,2H3. The lowest BCUT2D eigenvalue weighted by atomic mass is 9.76. The third-order valence-electron chi connectivity index (χ3n) is 8.38. The third-order valence-corrected chi connectivity index (χ3v) is 8.38. The van der Waals surface area contributed by atoms with E-state index < -0.39 is 11.6 Å². The summed E-state index contributed by atoms with van der Waals surface area (Å²) >= 11 is 0. The minimum Gasteiger partial charge on any atom is -0.493 e. The molecule has 2 fully saturated rings. The average Bonchev–Trinajstić information content (AvgIpc) is 2.91. The van der Waals surface area contributed by atoms with Crippen LogP contribution in [0.4, 0.5) is 13.2 Å². The molecule has 2 aliphatic rings. The minimum atomic E-state index is -0.648. The Labute approximate surface area is 220 Å². The highest BCUT2D eigenvalue weighted by molar-refractivity contribution is 5.32. The topological polar surface area (TPSA) is 18.5 Å². The molecule has 0 unspecified atom stereocenters. The average molecular weight is 515 g/mol. The summed E-state index contributed by atoms with van der Waals surface area (Å²) in [6.07, 6.45) is 11.4. The number of benzene rings is 2. The molecule has 2 saturated carbocycles. The first-order valence-corrected chi connectivity index (χ1v) is 14.1. The van der Waals surface area contributed by atoms with Crippen LogP contribution in [0.15, 0.2) is 43.0 Å². The molecule has 37 heavy (non-hydrogen) atoms. The first-order chi connectivity index (χ1) is 18.0. The van der Waals surface area contributed by atoms with Crippen LogP contribution in [-0.2, 0) is 11.2 Å². The molecule has 2 aromatic carbocycles. The first-order valence-electron chi connectivity index (χ1n) is 14.1. The fourth-order valence-corrected chi connectivity index (χ4v) is 6.19. The van der Waals surface area contributed by atoms with Crippen molar-refractivity contribution in [1.82, 2.24) is 0 Å². The van der Waals surface area contributed by atoms with Gasteiger partial charge in [0.1, 0.15) is 11.6 Å². The smallest absolute Gasteiger partial charge is 0.162 e. The van der Waals surface area contributed by atoms with E-state index in [2.05, 4.69) is 6.58 Å². The third kappa shape index (κ3) is 7.19. The number of hydrogen-bond donors (Lipinski definition) is 0. The van der Waals surface area contributed by atoms with E-state index in [1.165, 1.54) is 6.07 Å². The zero-order valence-corrected chi connectivity index (χ0v) is 22.1. The second-order valence-electron chi connectivity index (χ2n) is 10.7. The van der Waals surface area contributed by atoms with Crippen molar-refractivity contribution in [3.05, 3.63) is 77.1 Å². The quantitative estimate of drug-likeness (QED) is 0.220. The van der Waals surface area contributed by atoms with E-state index in [0.717, 1.165) is 64.2 Å². The molecule has 0 N–H and O–H groups in total. The molecule has 0 amide bonds. The number of halogens is 3. The Morgan fingerprint density at radius 3 is 2.05 bits per heavy atom. The number of rotatable bonds is 11. The Kier molecular flexibility index (Phi) is 10.1. The van der Waals surface area contributed by atoms with Crippen molar-refractivity contribution in [2.45, 2.75) is 95.5 Å². The molecule has 0 spiro atoms. The van der Waals surface area contributed by atoms with E-state index in [4.69, 9.17) is 9.47 Å². The van der Waals surface area contributed by atoms with Crippen molar-refractivity contribution >= 4 is 0 Å². The van der Waals surface area contributed by atoms with E-state index in [9.17, 15) is 4.39 Å². The number of aryl methyl sites for hydroxylation is 1. The molecule has 0 aromatic heterocycles. The van der Waals surface area contributed by atoms with Gasteiger partial charge in [0.25, 0.3) is 0 Å². The van der Waals surface area contributed by atoms with Gasteiger partial charge in [-0.2, -0.15) is 0 Å². The molecular formula is C32H41F3O2. The van der Waals surface area contributed by atoms with Crippen LogP contribution in [0.2, 0.25) is 0 Å². The van der Waals surface area contributed by atoms with Crippen LogP contribution >= 0.6 is 0 Å². The molecule has 0 aliphatic heterocycles. The molecule has 4 rings (SSSR count). The summed E-state index contributed by atoms with van der Waals surface area (Å²) in [5.74, 6) is -0.374. The highest BCUT2D eigenvalue weighted by Gasteiger charge is 2.30. The summed E-state index contributed by atoms with van der Waals surface area (Å²) in [7, 11) is 0. The lowest BCUT2D eigenvalue weighted by molar-refractivity contribution is 0.0325. The van der Waals surface area contributed by atoms with Crippen molar-refractivity contribution in [2.75, 3.05) is 13.2 Å². The van der Waals surface area contributed by atoms with Gasteiger partial charge in [-0.25, -0.2) is 13.2 Å². The van der Waals surface area contributed by atoms with Crippen LogP contribution in [0.5, 0.6) is 5.75 Å². The second kappa shape index (κ2) is 13.5. The second-order valence-corrected chi connectivity index (χ2v) is 10.7. The minimum absolute atomic E-state index is 0.0530. The zero-order chi connectivity index (χ0) is 26.2. The SMILES string of the molecule is C=CCCOc1ccc(CCC2CCC(c3ccc(C4CCC(OCC)CC4)c(F)c3F)CC2)c(F)c1. The summed E-state index contributed by atoms with van der Waals surface area (Å²) in [6.45, 7) is 6.85. The van der Waals surface area contributed by atoms with Crippen LogP contribution < -0.4 is 4.74 Å². The van der Waals surface area contributed by atoms with Gasteiger partial charge in [-0.3, -0.25) is 0 Å². The van der Waals surface area contributed by atoms with Crippen molar-refractivity contribution in [1.29, 1.82) is 0 Å². The van der Waals surface area contributed by atoms with Gasteiger partial charge in [0.05, 0.1) is 12.7 Å². The molecule has 2 nitrogen and oxygen atoms in total. The van der Waals surface area contributed by atoms with Crippen molar-refractivity contribution in [3.63, 3.8) is 0 Å². The summed E-state index contributed by atoms with van der Waals surface area (Å²) in [5, 5.41) is 0. The molecular weight excluding hydrogens is 473 g/mol. The zero-order valence-electron chi connectivity index (χ0n) is 22.1. The van der Waals surface area contributed by atoms with E-state index in [1.54, 1.807) is 6.08 Å². The van der Waals surface area contributed by atoms with Gasteiger partial charge >= 0.3 is 0 Å². The molecule has 2 aliphatic carbocycles. The van der Waals surface area contributed by atoms with Crippen LogP contribution in [0.25, 0.3) is 0 Å². The van der Waals surface area contributed by atoms with E-state index in [0.29, 0.717) is 48.0 Å². The largest absolute Gasteiger partial charge is 0.493 e. The van der Waals surface area contributed by atoms with E-state index in [1.807, 2.05) is 31.2 Å². The van der Waals surface area contributed by atoms with E-state index >= 15 is 8.78 Å². The van der Waals surface area contributed by atoms with E-state index in [-0.39, 0.29) is 23.8 Å². The normalized spacial score (nSPS) is 24.1. The Hall–Kier alpha value is -2.27. The van der Waals surface area contributed by atoms with Crippen LogP contribution in [0, 0.1) is 23.4 Å². The van der Waals surface area contributed by atoms with Gasteiger partial charge in [-0.15, -0.1) is 6.58 Å². The summed E-state index contributed by atoms with van der Waals surface area (Å²) in [6, 6.07) is 8.76. The van der Waals surface area contributed by atoms with Crippen molar-refractivity contribution in [2.24, 2.45) is 5.92 Å². The van der Waals surface area contributed by atoms with Gasteiger partial charge in [-0.05, 0) is 118 Å². The molecule has 0 atom stereocenters. The number of ether oxygens (including phenoxy) is 2. The predicted octanol–water partition coefficient (Wildman–Crippen LogP) is 9.03. The molecule has 5 heteroatoms. The molecule has 0 saturated heterocycles. The maximum absolute atomic E-state index is 15.2. The maximum atomic E-state index is 15.2. The van der Waals surface area contributed by atoms with Gasteiger partial charge < -0.3 is 9.47 Å². The molecule has 0 radical (unpaired) electrons. The highest BCUT2D eigenvalue weighted by atomic mass is 19.2. The van der Waals surface area contributed by atoms with Crippen LogP contribution in [0.3, 0.4) is 0 Å². The van der Waals surface area contributed by atoms with Crippen LogP contribution in [0.1, 0.15) is 99.7 Å². The molecule has 2 aromatic rings. The molecule has 202 valence electrons. The maximum Gasteiger partial charge on any atom is 0.162 e. The van der Waals surface area contributed by atoms with Gasteiger partial charge in [-0.1, -0.05) is 24.3 Å². The number of hydrogen-bond acceptors (Lipinski definition) is 2. The predicted molar refractivity (Wildman–Crippen MR) is 143 cm³/mol. The van der Waals surface area contributed by atoms with Gasteiger partial charge in [0, 0.05) is 12.7 Å². The molecule has 0 bridgehead atoms. The summed E-state index contributed by atoms with van der Waals surface area (Å²) in [5.41, 5.74) is 1.77. The summed E-state index contributed by atoms with van der Waals surface area (Å²) in [4.78, 5) is 0. The Bertz CT molecular complexity index is 1020. The fraction of sp³-hybridized carbons (Fsp3) is 0.562. The monoisotopic (exact) mass is 514 g/mol. The van der Waals surface area contributed by atoms with Crippen molar-refractivity contribution < 1.29 is 22.6 Å². The highest BCUT2D eigenvalue weighted by Crippen LogP contribution is 2.41. The lowest BCUT2D eigenvalue weighted by Gasteiger charge is -2.31. The first kappa shape index (κ1) is 27.8.